The Bertz CT molecular complexity index is 606. The van der Waals surface area contributed by atoms with Crippen LogP contribution in [0, 0.1) is 5.92 Å². The summed E-state index contributed by atoms with van der Waals surface area (Å²) in [4.78, 5) is 16.2. The standard InChI is InChI=1S/C14H14N2O2/c1-18-11-7-10-3-2-6-15-13(10)12(8-11)16-14(17)9-4-5-9/h2-3,6-9H,4-5H2,1H3,(H,16,17). The first-order valence-electron chi connectivity index (χ1n) is 6.01. The van der Waals surface area contributed by atoms with E-state index < -0.39 is 0 Å². The fraction of sp³-hybridized carbons (Fsp3) is 0.286. The van der Waals surface area contributed by atoms with Crippen molar-refractivity contribution in [1.29, 1.82) is 0 Å². The van der Waals surface area contributed by atoms with Crippen molar-refractivity contribution in [3.8, 4) is 5.75 Å². The Morgan fingerprint density at radius 3 is 3.00 bits per heavy atom. The van der Waals surface area contributed by atoms with E-state index in [1.165, 1.54) is 0 Å². The lowest BCUT2D eigenvalue weighted by Crippen LogP contribution is -2.13. The first kappa shape index (κ1) is 11.0. The summed E-state index contributed by atoms with van der Waals surface area (Å²) in [5.41, 5.74) is 1.52. The van der Waals surface area contributed by atoms with Gasteiger partial charge >= 0.3 is 0 Å². The van der Waals surface area contributed by atoms with Gasteiger partial charge in [-0.3, -0.25) is 9.78 Å². The summed E-state index contributed by atoms with van der Waals surface area (Å²) < 4.78 is 5.24. The minimum atomic E-state index is 0.0789. The number of hydrogen-bond acceptors (Lipinski definition) is 3. The number of benzene rings is 1. The minimum absolute atomic E-state index is 0.0789. The summed E-state index contributed by atoms with van der Waals surface area (Å²) in [5, 5.41) is 3.90. The second-order valence-corrected chi connectivity index (χ2v) is 4.51. The van der Waals surface area contributed by atoms with E-state index in [2.05, 4.69) is 10.3 Å². The predicted octanol–water partition coefficient (Wildman–Crippen LogP) is 2.59. The minimum Gasteiger partial charge on any atom is -0.497 e. The van der Waals surface area contributed by atoms with Crippen LogP contribution in [0.3, 0.4) is 0 Å². The Morgan fingerprint density at radius 1 is 1.44 bits per heavy atom. The van der Waals surface area contributed by atoms with Crippen molar-refractivity contribution in [1.82, 2.24) is 4.98 Å². The molecule has 0 saturated heterocycles. The zero-order valence-electron chi connectivity index (χ0n) is 10.1. The number of carbonyl (C=O) groups excluding carboxylic acids is 1. The van der Waals surface area contributed by atoms with Gasteiger partial charge in [0.1, 0.15) is 5.75 Å². The molecule has 4 nitrogen and oxygen atoms in total. The highest BCUT2D eigenvalue weighted by atomic mass is 16.5. The Hall–Kier alpha value is -2.10. The summed E-state index contributed by atoms with van der Waals surface area (Å²) in [6.07, 6.45) is 3.70. The van der Waals surface area contributed by atoms with Gasteiger partial charge in [0.2, 0.25) is 5.91 Å². The lowest BCUT2D eigenvalue weighted by Gasteiger charge is -2.10. The highest BCUT2D eigenvalue weighted by Crippen LogP contribution is 2.32. The fourth-order valence-corrected chi connectivity index (χ4v) is 1.96. The monoisotopic (exact) mass is 242 g/mol. The van der Waals surface area contributed by atoms with Gasteiger partial charge in [-0.15, -0.1) is 0 Å². The van der Waals surface area contributed by atoms with Gasteiger partial charge in [-0.05, 0) is 25.0 Å². The SMILES string of the molecule is COc1cc(NC(=O)C2CC2)c2ncccc2c1. The molecule has 4 heteroatoms. The molecule has 1 aromatic heterocycles. The topological polar surface area (TPSA) is 51.2 Å². The number of pyridine rings is 1. The lowest BCUT2D eigenvalue weighted by atomic mass is 10.1. The third-order valence-corrected chi connectivity index (χ3v) is 3.12. The molecular weight excluding hydrogens is 228 g/mol. The third kappa shape index (κ3) is 2.01. The molecule has 92 valence electrons. The molecule has 1 aliphatic carbocycles. The van der Waals surface area contributed by atoms with Gasteiger partial charge in [-0.2, -0.15) is 0 Å². The van der Waals surface area contributed by atoms with Crippen LogP contribution >= 0.6 is 0 Å². The number of hydrogen-bond donors (Lipinski definition) is 1. The normalized spacial score (nSPS) is 14.5. The molecule has 0 unspecified atom stereocenters. The highest BCUT2D eigenvalue weighted by molar-refractivity contribution is 6.02. The number of nitrogens with zero attached hydrogens (tertiary/aromatic N) is 1. The van der Waals surface area contributed by atoms with Gasteiger partial charge in [0.05, 0.1) is 18.3 Å². The summed E-state index contributed by atoms with van der Waals surface area (Å²) in [7, 11) is 1.62. The second kappa shape index (κ2) is 4.29. The van der Waals surface area contributed by atoms with E-state index in [1.54, 1.807) is 13.3 Å². The van der Waals surface area contributed by atoms with Crippen molar-refractivity contribution in [2.45, 2.75) is 12.8 Å². The zero-order valence-corrected chi connectivity index (χ0v) is 10.1. The van der Waals surface area contributed by atoms with E-state index in [-0.39, 0.29) is 11.8 Å². The van der Waals surface area contributed by atoms with Gasteiger partial charge < -0.3 is 10.1 Å². The van der Waals surface area contributed by atoms with Gasteiger partial charge in [-0.1, -0.05) is 6.07 Å². The van der Waals surface area contributed by atoms with Crippen LogP contribution in [0.4, 0.5) is 5.69 Å². The predicted molar refractivity (Wildman–Crippen MR) is 69.6 cm³/mol. The number of carbonyl (C=O) groups is 1. The van der Waals surface area contributed by atoms with Crippen molar-refractivity contribution >= 4 is 22.5 Å². The Morgan fingerprint density at radius 2 is 2.28 bits per heavy atom. The summed E-state index contributed by atoms with van der Waals surface area (Å²) >= 11 is 0. The maximum Gasteiger partial charge on any atom is 0.227 e. The van der Waals surface area contributed by atoms with Crippen LogP contribution in [0.25, 0.3) is 10.9 Å². The lowest BCUT2D eigenvalue weighted by molar-refractivity contribution is -0.117. The molecule has 1 amide bonds. The smallest absolute Gasteiger partial charge is 0.227 e. The van der Waals surface area contributed by atoms with E-state index in [1.807, 2.05) is 24.3 Å². The molecule has 1 aromatic carbocycles. The molecule has 2 aromatic rings. The number of fused-ring (bicyclic) bond motifs is 1. The van der Waals surface area contributed by atoms with Crippen LogP contribution < -0.4 is 10.1 Å². The van der Waals surface area contributed by atoms with Crippen LogP contribution in [-0.4, -0.2) is 18.0 Å². The maximum absolute atomic E-state index is 11.8. The molecule has 1 saturated carbocycles. The molecule has 0 atom stereocenters. The summed E-state index contributed by atoms with van der Waals surface area (Å²) in [5.74, 6) is 0.978. The van der Waals surface area contributed by atoms with Gasteiger partial charge in [0.15, 0.2) is 0 Å². The number of rotatable bonds is 3. The van der Waals surface area contributed by atoms with E-state index >= 15 is 0 Å². The Kier molecular flexibility index (Phi) is 2.63. The van der Waals surface area contributed by atoms with E-state index in [0.717, 1.165) is 35.2 Å². The molecule has 1 heterocycles. The van der Waals surface area contributed by atoms with Gasteiger partial charge in [0, 0.05) is 23.6 Å². The fourth-order valence-electron chi connectivity index (χ4n) is 1.96. The molecule has 1 N–H and O–H groups in total. The largest absolute Gasteiger partial charge is 0.497 e. The van der Waals surface area contributed by atoms with Crippen molar-refractivity contribution < 1.29 is 9.53 Å². The Labute approximate surface area is 105 Å². The number of aromatic nitrogens is 1. The maximum atomic E-state index is 11.8. The first-order chi connectivity index (χ1) is 8.78. The number of nitrogens with one attached hydrogen (secondary N) is 1. The average molecular weight is 242 g/mol. The van der Waals surface area contributed by atoms with E-state index in [0.29, 0.717) is 0 Å². The zero-order chi connectivity index (χ0) is 12.5. The van der Waals surface area contributed by atoms with Crippen molar-refractivity contribution in [3.63, 3.8) is 0 Å². The number of methoxy groups -OCH3 is 1. The third-order valence-electron chi connectivity index (χ3n) is 3.12. The molecule has 18 heavy (non-hydrogen) atoms. The van der Waals surface area contributed by atoms with Gasteiger partial charge in [-0.25, -0.2) is 0 Å². The van der Waals surface area contributed by atoms with Crippen LogP contribution in [0.15, 0.2) is 30.5 Å². The van der Waals surface area contributed by atoms with Gasteiger partial charge in [0.25, 0.3) is 0 Å². The van der Waals surface area contributed by atoms with Crippen molar-refractivity contribution in [2.75, 3.05) is 12.4 Å². The van der Waals surface area contributed by atoms with Crippen molar-refractivity contribution in [3.05, 3.63) is 30.5 Å². The number of ether oxygens (including phenoxy) is 1. The quantitative estimate of drug-likeness (QED) is 0.900. The molecule has 1 aliphatic rings. The van der Waals surface area contributed by atoms with Crippen LogP contribution in [0.5, 0.6) is 5.75 Å². The van der Waals surface area contributed by atoms with E-state index in [9.17, 15) is 4.79 Å². The Balaban J connectivity index is 2.04. The van der Waals surface area contributed by atoms with Crippen LogP contribution in [0.1, 0.15) is 12.8 Å². The molecule has 1 fully saturated rings. The number of amides is 1. The molecule has 0 spiro atoms. The molecule has 0 aliphatic heterocycles. The molecule has 0 radical (unpaired) electrons. The summed E-state index contributed by atoms with van der Waals surface area (Å²) in [6.45, 7) is 0. The molecule has 3 rings (SSSR count). The average Bonchev–Trinajstić information content (AvgIpc) is 3.22. The van der Waals surface area contributed by atoms with E-state index in [4.69, 9.17) is 4.74 Å². The van der Waals surface area contributed by atoms with Crippen LogP contribution in [-0.2, 0) is 4.79 Å². The molecule has 0 bridgehead atoms. The summed E-state index contributed by atoms with van der Waals surface area (Å²) in [6, 6.07) is 7.55. The second-order valence-electron chi connectivity index (χ2n) is 4.51. The van der Waals surface area contributed by atoms with Crippen molar-refractivity contribution in [2.24, 2.45) is 5.92 Å². The first-order valence-corrected chi connectivity index (χ1v) is 6.01. The molecular formula is C14H14N2O2. The highest BCUT2D eigenvalue weighted by Gasteiger charge is 2.30. The van der Waals surface area contributed by atoms with Crippen LogP contribution in [0.2, 0.25) is 0 Å². The number of anilines is 1.